The normalized spacial score (nSPS) is 18.0. The molecular weight excluding hydrogens is 280 g/mol. The zero-order valence-corrected chi connectivity index (χ0v) is 11.5. The third-order valence-electron chi connectivity index (χ3n) is 3.74. The Bertz CT molecular complexity index is 548. The third kappa shape index (κ3) is 4.24. The SMILES string of the molecule is O=C(O)CCC1CCN(C(=O)Cc2ccc(F)c(F)c2)C1. The van der Waals surface area contributed by atoms with E-state index in [-0.39, 0.29) is 24.7 Å². The van der Waals surface area contributed by atoms with Crippen LogP contribution in [0.15, 0.2) is 18.2 Å². The lowest BCUT2D eigenvalue weighted by molar-refractivity contribution is -0.137. The maximum atomic E-state index is 13.1. The van der Waals surface area contributed by atoms with Crippen LogP contribution in [0.3, 0.4) is 0 Å². The van der Waals surface area contributed by atoms with E-state index in [9.17, 15) is 18.4 Å². The molecule has 0 radical (unpaired) electrons. The van der Waals surface area contributed by atoms with Crippen molar-refractivity contribution in [3.05, 3.63) is 35.4 Å². The smallest absolute Gasteiger partial charge is 0.303 e. The van der Waals surface area contributed by atoms with E-state index in [2.05, 4.69) is 0 Å². The molecule has 1 atom stereocenters. The van der Waals surface area contributed by atoms with Crippen molar-refractivity contribution in [3.8, 4) is 0 Å². The molecule has 1 aromatic rings. The largest absolute Gasteiger partial charge is 0.481 e. The molecule has 1 aromatic carbocycles. The van der Waals surface area contributed by atoms with Gasteiger partial charge in [-0.15, -0.1) is 0 Å². The summed E-state index contributed by atoms with van der Waals surface area (Å²) in [6.45, 7) is 1.13. The van der Waals surface area contributed by atoms with Crippen LogP contribution in [0.25, 0.3) is 0 Å². The molecule has 0 aliphatic carbocycles. The molecule has 0 aromatic heterocycles. The van der Waals surface area contributed by atoms with Crippen molar-refractivity contribution in [2.75, 3.05) is 13.1 Å². The van der Waals surface area contributed by atoms with Crippen molar-refractivity contribution in [1.29, 1.82) is 0 Å². The minimum Gasteiger partial charge on any atom is -0.481 e. The van der Waals surface area contributed by atoms with Gasteiger partial charge in [0.25, 0.3) is 0 Å². The van der Waals surface area contributed by atoms with Gasteiger partial charge in [0.2, 0.25) is 5.91 Å². The molecule has 114 valence electrons. The second-order valence-corrected chi connectivity index (χ2v) is 5.35. The molecule has 1 aliphatic rings. The molecule has 1 aliphatic heterocycles. The van der Waals surface area contributed by atoms with Gasteiger partial charge >= 0.3 is 5.97 Å². The van der Waals surface area contributed by atoms with Gasteiger partial charge in [-0.3, -0.25) is 9.59 Å². The van der Waals surface area contributed by atoms with E-state index in [4.69, 9.17) is 5.11 Å². The number of benzene rings is 1. The lowest BCUT2D eigenvalue weighted by Gasteiger charge is -2.16. The van der Waals surface area contributed by atoms with Crippen LogP contribution in [0, 0.1) is 17.6 Å². The number of carboxylic acids is 1. The summed E-state index contributed by atoms with van der Waals surface area (Å²) >= 11 is 0. The quantitative estimate of drug-likeness (QED) is 0.906. The Hall–Kier alpha value is -1.98. The molecular formula is C15H17F2NO3. The summed E-state index contributed by atoms with van der Waals surface area (Å²) in [5, 5.41) is 8.65. The minimum absolute atomic E-state index is 0.0306. The highest BCUT2D eigenvalue weighted by Gasteiger charge is 2.26. The Morgan fingerprint density at radius 3 is 2.71 bits per heavy atom. The van der Waals surface area contributed by atoms with Gasteiger partial charge in [0.15, 0.2) is 11.6 Å². The second kappa shape index (κ2) is 6.65. The number of likely N-dealkylation sites (tertiary alicyclic amines) is 1. The summed E-state index contributed by atoms with van der Waals surface area (Å²) in [6, 6.07) is 3.44. The number of carbonyl (C=O) groups is 2. The average molecular weight is 297 g/mol. The summed E-state index contributed by atoms with van der Waals surface area (Å²) in [6.07, 6.45) is 1.49. The van der Waals surface area contributed by atoms with Crippen LogP contribution in [0.4, 0.5) is 8.78 Å². The first-order valence-electron chi connectivity index (χ1n) is 6.89. The van der Waals surface area contributed by atoms with Gasteiger partial charge in [0.1, 0.15) is 0 Å². The number of nitrogens with zero attached hydrogens (tertiary/aromatic N) is 1. The van der Waals surface area contributed by atoms with Crippen molar-refractivity contribution >= 4 is 11.9 Å². The molecule has 2 rings (SSSR count). The average Bonchev–Trinajstić information content (AvgIpc) is 2.89. The van der Waals surface area contributed by atoms with Crippen LogP contribution < -0.4 is 0 Å². The van der Waals surface area contributed by atoms with Crippen LogP contribution >= 0.6 is 0 Å². The summed E-state index contributed by atoms with van der Waals surface area (Å²) in [7, 11) is 0. The second-order valence-electron chi connectivity index (χ2n) is 5.35. The molecule has 4 nitrogen and oxygen atoms in total. The zero-order chi connectivity index (χ0) is 15.4. The predicted molar refractivity (Wildman–Crippen MR) is 71.6 cm³/mol. The van der Waals surface area contributed by atoms with Gasteiger partial charge in [-0.05, 0) is 36.5 Å². The van der Waals surface area contributed by atoms with E-state index in [0.29, 0.717) is 25.1 Å². The lowest BCUT2D eigenvalue weighted by Crippen LogP contribution is -2.30. The van der Waals surface area contributed by atoms with E-state index < -0.39 is 17.6 Å². The first-order valence-corrected chi connectivity index (χ1v) is 6.89. The number of amides is 1. The van der Waals surface area contributed by atoms with Crippen molar-refractivity contribution in [2.45, 2.75) is 25.7 Å². The van der Waals surface area contributed by atoms with E-state index >= 15 is 0 Å². The fraction of sp³-hybridized carbons (Fsp3) is 0.467. The molecule has 21 heavy (non-hydrogen) atoms. The number of hydrogen-bond acceptors (Lipinski definition) is 2. The van der Waals surface area contributed by atoms with Gasteiger partial charge in [-0.2, -0.15) is 0 Å². The Balaban J connectivity index is 1.86. The summed E-state index contributed by atoms with van der Waals surface area (Å²) < 4.78 is 25.9. The summed E-state index contributed by atoms with van der Waals surface area (Å²) in [5.41, 5.74) is 0.438. The molecule has 1 heterocycles. The van der Waals surface area contributed by atoms with E-state index in [1.54, 1.807) is 4.90 Å². The molecule has 1 amide bonds. The molecule has 1 fully saturated rings. The van der Waals surface area contributed by atoms with Gasteiger partial charge in [0.05, 0.1) is 6.42 Å². The van der Waals surface area contributed by atoms with Gasteiger partial charge in [-0.25, -0.2) is 8.78 Å². The predicted octanol–water partition coefficient (Wildman–Crippen LogP) is 2.22. The minimum atomic E-state index is -0.957. The number of hydrogen-bond donors (Lipinski definition) is 1. The van der Waals surface area contributed by atoms with Crippen molar-refractivity contribution < 1.29 is 23.5 Å². The van der Waals surface area contributed by atoms with E-state index in [0.717, 1.165) is 18.6 Å². The van der Waals surface area contributed by atoms with Gasteiger partial charge in [0, 0.05) is 19.5 Å². The van der Waals surface area contributed by atoms with Crippen LogP contribution in [0.5, 0.6) is 0 Å². The molecule has 1 saturated heterocycles. The molecule has 1 N–H and O–H groups in total. The Labute approximate surface area is 121 Å². The van der Waals surface area contributed by atoms with Crippen LogP contribution in [-0.2, 0) is 16.0 Å². The fourth-order valence-corrected chi connectivity index (χ4v) is 2.56. The maximum absolute atomic E-state index is 13.1. The number of rotatable bonds is 5. The first-order chi connectivity index (χ1) is 9.95. The standard InChI is InChI=1S/C15H17F2NO3/c16-12-3-1-11(7-13(12)17)8-14(19)18-6-5-10(9-18)2-4-15(20)21/h1,3,7,10H,2,4-6,8-9H2,(H,20,21). The van der Waals surface area contributed by atoms with Crippen LogP contribution in [0.2, 0.25) is 0 Å². The Morgan fingerprint density at radius 1 is 1.29 bits per heavy atom. The number of carbonyl (C=O) groups excluding carboxylic acids is 1. The van der Waals surface area contributed by atoms with E-state index in [1.807, 2.05) is 0 Å². The van der Waals surface area contributed by atoms with Crippen LogP contribution in [0.1, 0.15) is 24.8 Å². The topological polar surface area (TPSA) is 57.6 Å². The summed E-state index contributed by atoms with van der Waals surface area (Å²) in [5.74, 6) is -2.66. The van der Waals surface area contributed by atoms with Crippen LogP contribution in [-0.4, -0.2) is 35.0 Å². The summed E-state index contributed by atoms with van der Waals surface area (Å²) in [4.78, 5) is 24.3. The fourth-order valence-electron chi connectivity index (χ4n) is 2.56. The molecule has 0 saturated carbocycles. The van der Waals surface area contributed by atoms with E-state index in [1.165, 1.54) is 6.07 Å². The number of aliphatic carboxylic acids is 1. The lowest BCUT2D eigenvalue weighted by atomic mass is 10.0. The Kier molecular flexibility index (Phi) is 4.88. The van der Waals surface area contributed by atoms with Gasteiger partial charge < -0.3 is 10.0 Å². The molecule has 0 spiro atoms. The molecule has 6 heteroatoms. The Morgan fingerprint density at radius 2 is 2.05 bits per heavy atom. The van der Waals surface area contributed by atoms with Gasteiger partial charge in [-0.1, -0.05) is 6.07 Å². The molecule has 0 bridgehead atoms. The zero-order valence-electron chi connectivity index (χ0n) is 11.5. The highest BCUT2D eigenvalue weighted by Crippen LogP contribution is 2.22. The maximum Gasteiger partial charge on any atom is 0.303 e. The van der Waals surface area contributed by atoms with Crippen molar-refractivity contribution in [2.24, 2.45) is 5.92 Å². The highest BCUT2D eigenvalue weighted by molar-refractivity contribution is 5.79. The first kappa shape index (κ1) is 15.4. The third-order valence-corrected chi connectivity index (χ3v) is 3.74. The van der Waals surface area contributed by atoms with Crippen molar-refractivity contribution in [1.82, 2.24) is 4.90 Å². The van der Waals surface area contributed by atoms with Crippen molar-refractivity contribution in [3.63, 3.8) is 0 Å². The molecule has 1 unspecified atom stereocenters. The number of carboxylic acid groups (broad SMARTS) is 1. The number of halogens is 2. The highest BCUT2D eigenvalue weighted by atomic mass is 19.2. The monoisotopic (exact) mass is 297 g/mol.